The van der Waals surface area contributed by atoms with Gasteiger partial charge in [0.2, 0.25) is 16.8 Å². The number of anilines is 1. The number of hydrogen-bond acceptors (Lipinski definition) is 11. The van der Waals surface area contributed by atoms with Crippen molar-refractivity contribution in [1.29, 1.82) is 0 Å². The third-order valence-corrected chi connectivity index (χ3v) is 6.81. The molecule has 0 atom stereocenters. The first-order valence-electron chi connectivity index (χ1n) is 9.51. The fourth-order valence-corrected chi connectivity index (χ4v) is 4.81. The third-order valence-electron chi connectivity index (χ3n) is 4.87. The quantitative estimate of drug-likeness (QED) is 0.349. The molecule has 0 bridgehead atoms. The number of rotatable bonds is 7. The fraction of sp³-hybridized carbons (Fsp3) is 0.278. The van der Waals surface area contributed by atoms with Crippen LogP contribution in [0.5, 0.6) is 11.5 Å². The summed E-state index contributed by atoms with van der Waals surface area (Å²) in [5.41, 5.74) is 1.86. The van der Waals surface area contributed by atoms with E-state index in [0.29, 0.717) is 5.75 Å². The van der Waals surface area contributed by atoms with Gasteiger partial charge in [-0.3, -0.25) is 25.7 Å². The minimum absolute atomic E-state index is 0.0354. The van der Waals surface area contributed by atoms with Crippen LogP contribution in [0.2, 0.25) is 0 Å². The van der Waals surface area contributed by atoms with E-state index in [1.807, 2.05) is 0 Å². The number of benzene rings is 2. The Hall–Kier alpha value is -3.82. The highest BCUT2D eigenvalue weighted by Gasteiger charge is 2.30. The highest BCUT2D eigenvalue weighted by molar-refractivity contribution is 7.89. The van der Waals surface area contributed by atoms with Crippen LogP contribution in [0, 0.1) is 20.2 Å². The van der Waals surface area contributed by atoms with Crippen LogP contribution < -0.4 is 14.9 Å². The molecule has 2 aliphatic rings. The van der Waals surface area contributed by atoms with Gasteiger partial charge in [-0.1, -0.05) is 0 Å². The van der Waals surface area contributed by atoms with Gasteiger partial charge in [-0.05, 0) is 12.1 Å². The molecule has 15 heteroatoms. The molecule has 0 spiro atoms. The van der Waals surface area contributed by atoms with Crippen molar-refractivity contribution in [1.82, 2.24) is 4.31 Å². The van der Waals surface area contributed by atoms with Gasteiger partial charge in [0.05, 0.1) is 46.6 Å². The fourth-order valence-electron chi connectivity index (χ4n) is 3.24. The molecule has 2 aromatic rings. The van der Waals surface area contributed by atoms with Crippen molar-refractivity contribution < 1.29 is 32.5 Å². The number of morpholine rings is 1. The SMILES string of the molecule is O=[N+]([O-])c1ccc(NN=Cc2cc3c(cc2[N+](=O)[O-])OCO3)c(S(=O)(=O)N2CCOCC2)c1. The number of non-ortho nitro benzene ring substituents is 1. The van der Waals surface area contributed by atoms with Crippen LogP contribution in [0.15, 0.2) is 40.3 Å². The lowest BCUT2D eigenvalue weighted by Crippen LogP contribution is -2.40. The lowest BCUT2D eigenvalue weighted by Gasteiger charge is -2.26. The Kier molecular flexibility index (Phi) is 6.08. The second kappa shape index (κ2) is 8.97. The number of fused-ring (bicyclic) bond motifs is 1. The van der Waals surface area contributed by atoms with Crippen LogP contribution in [0.25, 0.3) is 0 Å². The molecular formula is C18H17N5O9S. The van der Waals surface area contributed by atoms with E-state index in [0.717, 1.165) is 22.7 Å². The van der Waals surface area contributed by atoms with Crippen LogP contribution in [0.3, 0.4) is 0 Å². The summed E-state index contributed by atoms with van der Waals surface area (Å²) in [5.74, 6) is 0.522. The molecule has 0 amide bonds. The molecule has 0 saturated carbocycles. The summed E-state index contributed by atoms with van der Waals surface area (Å²) >= 11 is 0. The molecule has 0 radical (unpaired) electrons. The molecular weight excluding hydrogens is 462 g/mol. The minimum atomic E-state index is -4.11. The van der Waals surface area contributed by atoms with Gasteiger partial charge in [0.15, 0.2) is 11.5 Å². The van der Waals surface area contributed by atoms with Gasteiger partial charge in [-0.2, -0.15) is 9.41 Å². The third kappa shape index (κ3) is 4.55. The first kappa shape index (κ1) is 22.4. The molecule has 14 nitrogen and oxygen atoms in total. The number of nitro benzene ring substituents is 2. The molecule has 2 aliphatic heterocycles. The highest BCUT2D eigenvalue weighted by Crippen LogP contribution is 2.37. The molecule has 0 unspecified atom stereocenters. The Balaban J connectivity index is 1.67. The Morgan fingerprint density at radius 1 is 1.03 bits per heavy atom. The summed E-state index contributed by atoms with van der Waals surface area (Å²) in [4.78, 5) is 20.9. The van der Waals surface area contributed by atoms with Crippen molar-refractivity contribution in [2.45, 2.75) is 4.90 Å². The molecule has 0 aliphatic carbocycles. The number of ether oxygens (including phenoxy) is 3. The normalized spacial score (nSPS) is 16.1. The van der Waals surface area contributed by atoms with Crippen molar-refractivity contribution in [3.05, 3.63) is 56.1 Å². The summed E-state index contributed by atoms with van der Waals surface area (Å²) in [7, 11) is -4.11. The van der Waals surface area contributed by atoms with Crippen molar-refractivity contribution >= 4 is 33.3 Å². The zero-order valence-corrected chi connectivity index (χ0v) is 17.7. The van der Waals surface area contributed by atoms with E-state index < -0.39 is 25.6 Å². The van der Waals surface area contributed by atoms with E-state index in [1.54, 1.807) is 0 Å². The molecule has 2 heterocycles. The second-order valence-corrected chi connectivity index (χ2v) is 8.75. The summed E-state index contributed by atoms with van der Waals surface area (Å²) in [5, 5.41) is 26.5. The maximum Gasteiger partial charge on any atom is 0.282 e. The zero-order valence-electron chi connectivity index (χ0n) is 16.9. The Labute approximate surface area is 186 Å². The van der Waals surface area contributed by atoms with E-state index in [1.165, 1.54) is 18.2 Å². The predicted molar refractivity (Wildman–Crippen MR) is 113 cm³/mol. The summed E-state index contributed by atoms with van der Waals surface area (Å²) in [6, 6.07) is 5.83. The van der Waals surface area contributed by atoms with Gasteiger partial charge in [0, 0.05) is 25.2 Å². The standard InChI is InChI=1S/C18H17N5O9S/c24-22(25)13-1-2-14(18(8-13)33(28,29)21-3-5-30-6-4-21)20-19-10-12-7-16-17(32-11-31-16)9-15(12)23(26)27/h1-2,7-10,20H,3-6,11H2. The lowest BCUT2D eigenvalue weighted by atomic mass is 10.1. The monoisotopic (exact) mass is 479 g/mol. The largest absolute Gasteiger partial charge is 0.454 e. The first-order valence-corrected chi connectivity index (χ1v) is 10.9. The van der Waals surface area contributed by atoms with Crippen LogP contribution in [-0.4, -0.2) is 61.9 Å². The molecule has 33 heavy (non-hydrogen) atoms. The number of hydrazone groups is 1. The van der Waals surface area contributed by atoms with Gasteiger partial charge in [0.1, 0.15) is 4.90 Å². The van der Waals surface area contributed by atoms with Crippen molar-refractivity contribution in [2.75, 3.05) is 38.5 Å². The summed E-state index contributed by atoms with van der Waals surface area (Å²) in [6.45, 7) is 0.511. The lowest BCUT2D eigenvalue weighted by molar-refractivity contribution is -0.385. The molecule has 0 aromatic heterocycles. The van der Waals surface area contributed by atoms with Crippen LogP contribution in [0.4, 0.5) is 17.1 Å². The van der Waals surface area contributed by atoms with Crippen molar-refractivity contribution in [3.63, 3.8) is 0 Å². The van der Waals surface area contributed by atoms with Crippen LogP contribution in [-0.2, 0) is 14.8 Å². The molecule has 2 aromatic carbocycles. The van der Waals surface area contributed by atoms with Gasteiger partial charge < -0.3 is 14.2 Å². The first-order chi connectivity index (χ1) is 15.8. The van der Waals surface area contributed by atoms with Gasteiger partial charge in [-0.25, -0.2) is 8.42 Å². The number of hydrogen-bond donors (Lipinski definition) is 1. The van der Waals surface area contributed by atoms with Crippen LogP contribution in [0.1, 0.15) is 5.56 Å². The average molecular weight is 479 g/mol. The predicted octanol–water partition coefficient (Wildman–Crippen LogP) is 1.70. The molecule has 4 rings (SSSR count). The van der Waals surface area contributed by atoms with E-state index in [2.05, 4.69) is 10.5 Å². The van der Waals surface area contributed by atoms with Crippen molar-refractivity contribution in [2.24, 2.45) is 5.10 Å². The number of nitro groups is 2. The number of sulfonamides is 1. The Morgan fingerprint density at radius 2 is 1.73 bits per heavy atom. The maximum absolute atomic E-state index is 13.1. The van der Waals surface area contributed by atoms with Gasteiger partial charge >= 0.3 is 0 Å². The van der Waals surface area contributed by atoms with Gasteiger partial charge in [-0.15, -0.1) is 0 Å². The maximum atomic E-state index is 13.1. The minimum Gasteiger partial charge on any atom is -0.454 e. The highest BCUT2D eigenvalue weighted by atomic mass is 32.2. The Bertz CT molecular complexity index is 1240. The van der Waals surface area contributed by atoms with E-state index in [-0.39, 0.29) is 60.7 Å². The van der Waals surface area contributed by atoms with E-state index >= 15 is 0 Å². The molecule has 1 N–H and O–H groups in total. The van der Waals surface area contributed by atoms with Crippen LogP contribution >= 0.6 is 0 Å². The topological polar surface area (TPSA) is 176 Å². The molecule has 1 saturated heterocycles. The molecule has 174 valence electrons. The van der Waals surface area contributed by atoms with Gasteiger partial charge in [0.25, 0.3) is 11.4 Å². The van der Waals surface area contributed by atoms with E-state index in [9.17, 15) is 28.6 Å². The van der Waals surface area contributed by atoms with Crippen molar-refractivity contribution in [3.8, 4) is 11.5 Å². The Morgan fingerprint density at radius 3 is 2.39 bits per heavy atom. The second-order valence-electron chi connectivity index (χ2n) is 6.85. The number of nitrogens with zero attached hydrogens (tertiary/aromatic N) is 4. The molecule has 1 fully saturated rings. The summed E-state index contributed by atoms with van der Waals surface area (Å²) < 4.78 is 42.9. The average Bonchev–Trinajstić information content (AvgIpc) is 3.26. The van der Waals surface area contributed by atoms with E-state index in [4.69, 9.17) is 14.2 Å². The zero-order chi connectivity index (χ0) is 23.6. The summed E-state index contributed by atoms with van der Waals surface area (Å²) in [6.07, 6.45) is 1.12. The smallest absolute Gasteiger partial charge is 0.282 e. The number of nitrogens with one attached hydrogen (secondary N) is 1.